The van der Waals surface area contributed by atoms with Crippen molar-refractivity contribution in [3.63, 3.8) is 0 Å². The van der Waals surface area contributed by atoms with Crippen molar-refractivity contribution in [1.82, 2.24) is 5.32 Å². The van der Waals surface area contributed by atoms with Crippen LogP contribution >= 0.6 is 0 Å². The van der Waals surface area contributed by atoms with Gasteiger partial charge >= 0.3 is 0 Å². The van der Waals surface area contributed by atoms with Gasteiger partial charge in [0.05, 0.1) is 5.60 Å². The summed E-state index contributed by atoms with van der Waals surface area (Å²) in [6.07, 6.45) is 4.82. The average molecular weight is 225 g/mol. The summed E-state index contributed by atoms with van der Waals surface area (Å²) < 4.78 is 0. The van der Waals surface area contributed by atoms with Crippen LogP contribution < -0.4 is 5.32 Å². The average Bonchev–Trinajstić information content (AvgIpc) is 2.19. The Morgan fingerprint density at radius 3 is 2.44 bits per heavy atom. The largest absolute Gasteiger partial charge is 0.388 e. The van der Waals surface area contributed by atoms with Gasteiger partial charge < -0.3 is 10.4 Å². The second-order valence-electron chi connectivity index (χ2n) is 6.63. The Morgan fingerprint density at radius 2 is 1.94 bits per heavy atom. The Kier molecular flexibility index (Phi) is 3.09. The Morgan fingerprint density at radius 1 is 1.25 bits per heavy atom. The van der Waals surface area contributed by atoms with E-state index in [4.69, 9.17) is 0 Å². The second-order valence-corrected chi connectivity index (χ2v) is 6.63. The molecule has 16 heavy (non-hydrogen) atoms. The third-order valence-electron chi connectivity index (χ3n) is 5.32. The maximum atomic E-state index is 10.7. The first kappa shape index (κ1) is 12.4. The summed E-state index contributed by atoms with van der Waals surface area (Å²) in [5.74, 6) is 1.30. The molecule has 2 nitrogen and oxygen atoms in total. The van der Waals surface area contributed by atoms with Crippen molar-refractivity contribution < 1.29 is 5.11 Å². The number of hydrogen-bond donors (Lipinski definition) is 2. The van der Waals surface area contributed by atoms with E-state index in [-0.39, 0.29) is 0 Å². The Bertz CT molecular complexity index is 259. The van der Waals surface area contributed by atoms with Crippen LogP contribution in [-0.4, -0.2) is 23.3 Å². The van der Waals surface area contributed by atoms with E-state index in [1.807, 2.05) is 6.92 Å². The fraction of sp³-hybridized carbons (Fsp3) is 1.00. The molecule has 2 heteroatoms. The quantitative estimate of drug-likeness (QED) is 0.721. The zero-order valence-electron chi connectivity index (χ0n) is 11.2. The molecule has 3 aliphatic rings. The van der Waals surface area contributed by atoms with E-state index in [2.05, 4.69) is 26.1 Å². The number of rotatable bonds is 4. The van der Waals surface area contributed by atoms with Crippen LogP contribution in [0.25, 0.3) is 0 Å². The van der Waals surface area contributed by atoms with E-state index in [0.29, 0.717) is 17.4 Å². The maximum absolute atomic E-state index is 10.7. The first-order chi connectivity index (χ1) is 7.40. The highest BCUT2D eigenvalue weighted by Crippen LogP contribution is 2.62. The molecule has 0 saturated heterocycles. The number of aliphatic hydroxyl groups is 1. The lowest BCUT2D eigenvalue weighted by Crippen LogP contribution is -2.69. The topological polar surface area (TPSA) is 32.3 Å². The lowest BCUT2D eigenvalue weighted by Gasteiger charge is -2.65. The van der Waals surface area contributed by atoms with Crippen LogP contribution in [-0.2, 0) is 0 Å². The minimum Gasteiger partial charge on any atom is -0.388 e. The smallest absolute Gasteiger partial charge is 0.0805 e. The molecule has 3 aliphatic carbocycles. The zero-order chi connectivity index (χ0) is 12.0. The summed E-state index contributed by atoms with van der Waals surface area (Å²) in [6, 6.07) is 0.316. The lowest BCUT2D eigenvalue weighted by atomic mass is 9.43. The molecule has 4 atom stereocenters. The Labute approximate surface area is 99.8 Å². The van der Waals surface area contributed by atoms with Gasteiger partial charge in [-0.3, -0.25) is 0 Å². The number of hydrogen-bond acceptors (Lipinski definition) is 2. The van der Waals surface area contributed by atoms with Crippen molar-refractivity contribution in [3.05, 3.63) is 0 Å². The van der Waals surface area contributed by atoms with Crippen LogP contribution in [0, 0.1) is 17.3 Å². The van der Waals surface area contributed by atoms with Gasteiger partial charge in [-0.2, -0.15) is 0 Å². The molecule has 3 saturated carbocycles. The third kappa shape index (κ3) is 1.70. The molecule has 94 valence electrons. The van der Waals surface area contributed by atoms with E-state index in [1.54, 1.807) is 0 Å². The van der Waals surface area contributed by atoms with Gasteiger partial charge in [0.2, 0.25) is 0 Å². The second kappa shape index (κ2) is 3.99. The molecule has 0 unspecified atom stereocenters. The third-order valence-corrected chi connectivity index (χ3v) is 5.32. The van der Waals surface area contributed by atoms with E-state index < -0.39 is 5.60 Å². The van der Waals surface area contributed by atoms with Crippen LogP contribution in [0.5, 0.6) is 0 Å². The van der Waals surface area contributed by atoms with Crippen LogP contribution in [0.15, 0.2) is 0 Å². The standard InChI is InChI=1S/C14H27NO/c1-5-6-7-15-12-9-10-8-11(13(10,2)3)14(12,4)16/h10-12,15-16H,5-9H2,1-4H3/t10-,11-,12+,14-/m0/s1. The summed E-state index contributed by atoms with van der Waals surface area (Å²) in [7, 11) is 0. The highest BCUT2D eigenvalue weighted by molar-refractivity contribution is 5.14. The van der Waals surface area contributed by atoms with Gasteiger partial charge in [-0.15, -0.1) is 0 Å². The molecule has 2 bridgehead atoms. The van der Waals surface area contributed by atoms with Crippen molar-refractivity contribution >= 4 is 0 Å². The van der Waals surface area contributed by atoms with Crippen molar-refractivity contribution in [1.29, 1.82) is 0 Å². The number of unbranched alkanes of at least 4 members (excludes halogenated alkanes) is 1. The van der Waals surface area contributed by atoms with Crippen molar-refractivity contribution in [2.24, 2.45) is 17.3 Å². The molecule has 3 fully saturated rings. The van der Waals surface area contributed by atoms with Crippen molar-refractivity contribution in [2.75, 3.05) is 6.54 Å². The number of fused-ring (bicyclic) bond motifs is 2. The van der Waals surface area contributed by atoms with Crippen molar-refractivity contribution in [3.8, 4) is 0 Å². The van der Waals surface area contributed by atoms with Gasteiger partial charge in [0, 0.05) is 6.04 Å². The predicted octanol–water partition coefficient (Wildman–Crippen LogP) is 2.56. The first-order valence-electron chi connectivity index (χ1n) is 6.86. The summed E-state index contributed by atoms with van der Waals surface area (Å²) in [4.78, 5) is 0. The SMILES string of the molecule is CCCCN[C@@H]1C[C@@H]2C[C@@H](C2(C)C)[C@]1(C)O. The van der Waals surface area contributed by atoms with Crippen LogP contribution in [0.1, 0.15) is 53.4 Å². The summed E-state index contributed by atoms with van der Waals surface area (Å²) in [5.41, 5.74) is -0.154. The van der Waals surface area contributed by atoms with Gasteiger partial charge in [-0.25, -0.2) is 0 Å². The highest BCUT2D eigenvalue weighted by Gasteiger charge is 2.62. The minimum atomic E-state index is -0.508. The molecule has 0 aromatic carbocycles. The van der Waals surface area contributed by atoms with E-state index in [0.717, 1.165) is 18.9 Å². The van der Waals surface area contributed by atoms with Crippen molar-refractivity contribution in [2.45, 2.75) is 65.0 Å². The molecule has 0 aliphatic heterocycles. The summed E-state index contributed by atoms with van der Waals surface area (Å²) in [6.45, 7) is 9.95. The highest BCUT2D eigenvalue weighted by atomic mass is 16.3. The predicted molar refractivity (Wildman–Crippen MR) is 67.3 cm³/mol. The van der Waals surface area contributed by atoms with Crippen LogP contribution in [0.3, 0.4) is 0 Å². The molecule has 0 amide bonds. The molecule has 0 spiro atoms. The fourth-order valence-corrected chi connectivity index (χ4v) is 3.92. The van der Waals surface area contributed by atoms with Gasteiger partial charge in [-0.1, -0.05) is 27.2 Å². The maximum Gasteiger partial charge on any atom is 0.0805 e. The lowest BCUT2D eigenvalue weighted by molar-refractivity contribution is -0.209. The Hall–Kier alpha value is -0.0800. The minimum absolute atomic E-state index is 0.316. The monoisotopic (exact) mass is 225 g/mol. The first-order valence-corrected chi connectivity index (χ1v) is 6.86. The molecule has 0 aromatic rings. The fourth-order valence-electron chi connectivity index (χ4n) is 3.92. The van der Waals surface area contributed by atoms with Gasteiger partial charge in [-0.05, 0) is 50.0 Å². The zero-order valence-corrected chi connectivity index (χ0v) is 11.2. The van der Waals surface area contributed by atoms with E-state index in [1.165, 1.54) is 19.3 Å². The molecular formula is C14H27NO. The summed E-state index contributed by atoms with van der Waals surface area (Å²) >= 11 is 0. The molecule has 2 N–H and O–H groups in total. The van der Waals surface area contributed by atoms with E-state index >= 15 is 0 Å². The molecule has 0 aromatic heterocycles. The van der Waals surface area contributed by atoms with Gasteiger partial charge in [0.1, 0.15) is 0 Å². The van der Waals surface area contributed by atoms with Gasteiger partial charge in [0.15, 0.2) is 0 Å². The van der Waals surface area contributed by atoms with Gasteiger partial charge in [0.25, 0.3) is 0 Å². The molecule has 3 rings (SSSR count). The Balaban J connectivity index is 1.98. The summed E-state index contributed by atoms with van der Waals surface area (Å²) in [5, 5.41) is 14.3. The molecule has 0 radical (unpaired) electrons. The molecule has 0 heterocycles. The number of nitrogens with one attached hydrogen (secondary N) is 1. The van der Waals surface area contributed by atoms with Crippen LogP contribution in [0.2, 0.25) is 0 Å². The molecular weight excluding hydrogens is 198 g/mol. The van der Waals surface area contributed by atoms with Crippen LogP contribution in [0.4, 0.5) is 0 Å². The van der Waals surface area contributed by atoms with E-state index in [9.17, 15) is 5.11 Å². The normalized spacial score (nSPS) is 45.2.